The number of ether oxygens (including phenoxy) is 2. The van der Waals surface area contributed by atoms with E-state index in [0.29, 0.717) is 44.2 Å². The minimum Gasteiger partial charge on any atom is -0.494 e. The van der Waals surface area contributed by atoms with Crippen molar-refractivity contribution in [1.82, 2.24) is 30.1 Å². The van der Waals surface area contributed by atoms with Crippen LogP contribution in [0.15, 0.2) is 76.1 Å². The van der Waals surface area contributed by atoms with Crippen molar-refractivity contribution in [3.05, 3.63) is 106 Å². The number of hydrogen-bond acceptors (Lipinski definition) is 8. The first-order valence-electron chi connectivity index (χ1n) is 13.5. The van der Waals surface area contributed by atoms with E-state index in [4.69, 9.17) is 13.9 Å². The number of methoxy groups -OCH3 is 1. The maximum Gasteiger partial charge on any atom is 0.253 e. The maximum atomic E-state index is 13.7. The number of fused-ring (bicyclic) bond motifs is 1. The molecule has 10 nitrogen and oxygen atoms in total. The standard InChI is InChI=1S/C30H34N6O4/c1-4-21-10-13-27-23(17-21)18-26(30(37)31-27)28(29-32-33-34-36(29)14-16-38-3)35(20-25-7-6-15-40-25)19-22-8-11-24(12-9-22)39-5-2/h6-13,15,17-18,28H,4-5,14,16,19-20H2,1-3H3,(H,31,37)/t28-/m1/s1. The van der Waals surface area contributed by atoms with Gasteiger partial charge in [0, 0.05) is 24.7 Å². The summed E-state index contributed by atoms with van der Waals surface area (Å²) in [6.07, 6.45) is 2.54. The lowest BCUT2D eigenvalue weighted by molar-refractivity contribution is 0.163. The number of pyridine rings is 1. The molecule has 0 saturated carbocycles. The minimum atomic E-state index is -0.582. The summed E-state index contributed by atoms with van der Waals surface area (Å²) in [7, 11) is 1.63. The Hall–Kier alpha value is -4.28. The molecule has 0 radical (unpaired) electrons. The summed E-state index contributed by atoms with van der Waals surface area (Å²) in [5, 5.41) is 13.6. The zero-order valence-corrected chi connectivity index (χ0v) is 23.0. The van der Waals surface area contributed by atoms with E-state index in [0.717, 1.165) is 34.4 Å². The van der Waals surface area contributed by atoms with Crippen LogP contribution in [-0.4, -0.2) is 50.4 Å². The van der Waals surface area contributed by atoms with Crippen molar-refractivity contribution in [3.63, 3.8) is 0 Å². The summed E-state index contributed by atoms with van der Waals surface area (Å²) in [6.45, 7) is 6.47. The van der Waals surface area contributed by atoms with Crippen molar-refractivity contribution in [2.75, 3.05) is 20.3 Å². The lowest BCUT2D eigenvalue weighted by Gasteiger charge is -2.30. The lowest BCUT2D eigenvalue weighted by Crippen LogP contribution is -2.35. The Morgan fingerprint density at radius 1 is 1.05 bits per heavy atom. The molecule has 10 heteroatoms. The molecule has 208 valence electrons. The molecule has 0 aliphatic rings. The normalized spacial score (nSPS) is 12.3. The third kappa shape index (κ3) is 6.13. The zero-order chi connectivity index (χ0) is 27.9. The van der Waals surface area contributed by atoms with Crippen LogP contribution >= 0.6 is 0 Å². The van der Waals surface area contributed by atoms with Gasteiger partial charge in [-0.1, -0.05) is 25.1 Å². The van der Waals surface area contributed by atoms with Gasteiger partial charge in [-0.25, -0.2) is 4.68 Å². The average molecular weight is 543 g/mol. The van der Waals surface area contributed by atoms with Crippen LogP contribution < -0.4 is 10.3 Å². The molecule has 0 fully saturated rings. The van der Waals surface area contributed by atoms with Crippen molar-refractivity contribution in [2.24, 2.45) is 0 Å². The van der Waals surface area contributed by atoms with Gasteiger partial charge >= 0.3 is 0 Å². The number of furan rings is 1. The van der Waals surface area contributed by atoms with Crippen LogP contribution in [0.1, 0.15) is 48.2 Å². The quantitative estimate of drug-likeness (QED) is 0.231. The molecule has 1 atom stereocenters. The Kier molecular flexibility index (Phi) is 8.68. The molecule has 1 N–H and O–H groups in total. The topological polar surface area (TPSA) is 111 Å². The highest BCUT2D eigenvalue weighted by atomic mass is 16.5. The SMILES string of the molecule is CCOc1ccc(CN(Cc2ccco2)[C@H](c2cc3cc(CC)ccc3[nH]c2=O)c2nnnn2CCOC)cc1. The molecule has 0 amide bonds. The van der Waals surface area contributed by atoms with Gasteiger partial charge in [0.2, 0.25) is 0 Å². The number of aromatic nitrogens is 5. The first kappa shape index (κ1) is 27.3. The van der Waals surface area contributed by atoms with Gasteiger partial charge < -0.3 is 18.9 Å². The number of benzene rings is 2. The van der Waals surface area contributed by atoms with Crippen molar-refractivity contribution in [3.8, 4) is 5.75 Å². The summed E-state index contributed by atoms with van der Waals surface area (Å²) in [4.78, 5) is 18.9. The Morgan fingerprint density at radius 2 is 1.88 bits per heavy atom. The molecule has 0 unspecified atom stereocenters. The molecule has 5 rings (SSSR count). The second-order valence-corrected chi connectivity index (χ2v) is 9.55. The van der Waals surface area contributed by atoms with E-state index in [1.807, 2.05) is 61.5 Å². The molecule has 3 aromatic heterocycles. The van der Waals surface area contributed by atoms with Crippen molar-refractivity contribution in [2.45, 2.75) is 45.9 Å². The number of nitrogens with one attached hydrogen (secondary N) is 1. The van der Waals surface area contributed by atoms with E-state index < -0.39 is 6.04 Å². The van der Waals surface area contributed by atoms with Crippen LogP contribution in [0.5, 0.6) is 5.75 Å². The number of hydrogen-bond donors (Lipinski definition) is 1. The highest BCUT2D eigenvalue weighted by Crippen LogP contribution is 2.30. The summed E-state index contributed by atoms with van der Waals surface area (Å²) in [6, 6.07) is 19.2. The fourth-order valence-electron chi connectivity index (χ4n) is 4.87. The predicted molar refractivity (Wildman–Crippen MR) is 151 cm³/mol. The van der Waals surface area contributed by atoms with Gasteiger partial charge in [-0.2, -0.15) is 0 Å². The number of nitrogens with zero attached hydrogens (tertiary/aromatic N) is 5. The van der Waals surface area contributed by atoms with Crippen molar-refractivity contribution >= 4 is 10.9 Å². The van der Waals surface area contributed by atoms with E-state index in [2.05, 4.69) is 38.4 Å². The van der Waals surface area contributed by atoms with Gasteiger partial charge in [0.05, 0.1) is 32.6 Å². The van der Waals surface area contributed by atoms with Crippen molar-refractivity contribution < 1.29 is 13.9 Å². The molecule has 0 bridgehead atoms. The van der Waals surface area contributed by atoms with Crippen LogP contribution in [0.3, 0.4) is 0 Å². The molecular formula is C30H34N6O4. The monoisotopic (exact) mass is 542 g/mol. The molecule has 40 heavy (non-hydrogen) atoms. The summed E-state index contributed by atoms with van der Waals surface area (Å²) < 4.78 is 18.4. The van der Waals surface area contributed by atoms with Gasteiger partial charge in [0.25, 0.3) is 5.56 Å². The van der Waals surface area contributed by atoms with Gasteiger partial charge in [0.15, 0.2) is 5.82 Å². The third-order valence-electron chi connectivity index (χ3n) is 6.88. The van der Waals surface area contributed by atoms with Gasteiger partial charge in [-0.15, -0.1) is 5.10 Å². The smallest absolute Gasteiger partial charge is 0.253 e. The largest absolute Gasteiger partial charge is 0.494 e. The van der Waals surface area contributed by atoms with Gasteiger partial charge in [0.1, 0.15) is 17.6 Å². The van der Waals surface area contributed by atoms with Crippen molar-refractivity contribution in [1.29, 1.82) is 0 Å². The Labute approximate surface area is 232 Å². The number of aryl methyl sites for hydroxylation is 1. The highest BCUT2D eigenvalue weighted by molar-refractivity contribution is 5.80. The molecule has 0 saturated heterocycles. The van der Waals surface area contributed by atoms with E-state index in [-0.39, 0.29) is 5.56 Å². The lowest BCUT2D eigenvalue weighted by atomic mass is 10.0. The molecule has 0 spiro atoms. The first-order chi connectivity index (χ1) is 19.6. The second-order valence-electron chi connectivity index (χ2n) is 9.55. The molecule has 3 heterocycles. The predicted octanol–water partition coefficient (Wildman–Crippen LogP) is 4.51. The number of H-pyrrole nitrogens is 1. The summed E-state index contributed by atoms with van der Waals surface area (Å²) in [5.74, 6) is 2.12. The fourth-order valence-corrected chi connectivity index (χ4v) is 4.87. The van der Waals surface area contributed by atoms with Gasteiger partial charge in [-0.05, 0) is 82.7 Å². The number of aromatic amines is 1. The summed E-state index contributed by atoms with van der Waals surface area (Å²) >= 11 is 0. The third-order valence-corrected chi connectivity index (χ3v) is 6.88. The summed E-state index contributed by atoms with van der Waals surface area (Å²) in [5.41, 5.74) is 3.37. The van der Waals surface area contributed by atoms with Crippen LogP contribution in [-0.2, 0) is 30.8 Å². The minimum absolute atomic E-state index is 0.195. The average Bonchev–Trinajstić information content (AvgIpc) is 3.66. The zero-order valence-electron chi connectivity index (χ0n) is 23.0. The molecular weight excluding hydrogens is 508 g/mol. The Balaban J connectivity index is 1.65. The second kappa shape index (κ2) is 12.7. The van der Waals surface area contributed by atoms with Crippen LogP contribution in [0.2, 0.25) is 0 Å². The fraction of sp³-hybridized carbons (Fsp3) is 0.333. The number of rotatable bonds is 13. The van der Waals surface area contributed by atoms with Crippen LogP contribution in [0.25, 0.3) is 10.9 Å². The molecule has 2 aromatic carbocycles. The molecule has 0 aliphatic heterocycles. The van der Waals surface area contributed by atoms with Crippen LogP contribution in [0, 0.1) is 0 Å². The Morgan fingerprint density at radius 3 is 2.60 bits per heavy atom. The first-order valence-corrected chi connectivity index (χ1v) is 13.5. The van der Waals surface area contributed by atoms with E-state index in [1.54, 1.807) is 18.1 Å². The van der Waals surface area contributed by atoms with Gasteiger partial charge in [-0.3, -0.25) is 9.69 Å². The highest BCUT2D eigenvalue weighted by Gasteiger charge is 2.31. The Bertz CT molecular complexity index is 1580. The van der Waals surface area contributed by atoms with E-state index >= 15 is 0 Å². The molecule has 5 aromatic rings. The van der Waals surface area contributed by atoms with Crippen LogP contribution in [0.4, 0.5) is 0 Å². The van der Waals surface area contributed by atoms with E-state index in [1.165, 1.54) is 5.56 Å². The number of tetrazole rings is 1. The maximum absolute atomic E-state index is 13.7. The van der Waals surface area contributed by atoms with E-state index in [9.17, 15) is 4.79 Å². The molecule has 0 aliphatic carbocycles.